The van der Waals surface area contributed by atoms with Gasteiger partial charge >= 0.3 is 6.18 Å². The van der Waals surface area contributed by atoms with Crippen LogP contribution in [0.1, 0.15) is 31.2 Å². The predicted molar refractivity (Wildman–Crippen MR) is 87.4 cm³/mol. The van der Waals surface area contributed by atoms with E-state index in [1.54, 1.807) is 0 Å². The van der Waals surface area contributed by atoms with Crippen LogP contribution in [-0.4, -0.2) is 23.1 Å². The molecule has 2 heterocycles. The Labute approximate surface area is 138 Å². The average Bonchev–Trinajstić information content (AvgIpc) is 2.84. The highest BCUT2D eigenvalue weighted by Crippen LogP contribution is 2.30. The van der Waals surface area contributed by atoms with Crippen molar-refractivity contribution in [3.63, 3.8) is 0 Å². The number of benzene rings is 1. The van der Waals surface area contributed by atoms with Gasteiger partial charge in [-0.3, -0.25) is 0 Å². The van der Waals surface area contributed by atoms with Crippen LogP contribution in [0.5, 0.6) is 0 Å². The fourth-order valence-corrected chi connectivity index (χ4v) is 2.78. The third-order valence-electron chi connectivity index (χ3n) is 4.07. The number of anilines is 3. The molecule has 1 aromatic carbocycles. The van der Waals surface area contributed by atoms with Crippen LogP contribution < -0.4 is 10.2 Å². The summed E-state index contributed by atoms with van der Waals surface area (Å²) in [4.78, 5) is 10.7. The summed E-state index contributed by atoms with van der Waals surface area (Å²) in [5.41, 5.74) is -0.107. The van der Waals surface area contributed by atoms with E-state index in [4.69, 9.17) is 0 Å². The van der Waals surface area contributed by atoms with Crippen LogP contribution in [0.4, 0.5) is 30.5 Å². The normalized spacial score (nSPS) is 15.9. The number of hydrogen-bond acceptors (Lipinski definition) is 4. The summed E-state index contributed by atoms with van der Waals surface area (Å²) in [6, 6.07) is 6.74. The lowest BCUT2D eigenvalue weighted by Gasteiger charge is -2.21. The average molecular weight is 336 g/mol. The second-order valence-electron chi connectivity index (χ2n) is 5.86. The van der Waals surface area contributed by atoms with Gasteiger partial charge in [-0.05, 0) is 37.1 Å². The number of hydrogen-bond donors (Lipinski definition) is 1. The van der Waals surface area contributed by atoms with Gasteiger partial charge < -0.3 is 10.2 Å². The van der Waals surface area contributed by atoms with Gasteiger partial charge in [-0.1, -0.05) is 12.8 Å². The minimum Gasteiger partial charge on any atom is -0.356 e. The van der Waals surface area contributed by atoms with E-state index >= 15 is 0 Å². The second kappa shape index (κ2) is 7.07. The Balaban J connectivity index is 1.72. The van der Waals surface area contributed by atoms with Crippen molar-refractivity contribution in [2.24, 2.45) is 0 Å². The highest BCUT2D eigenvalue weighted by molar-refractivity contribution is 5.59. The molecule has 0 amide bonds. The van der Waals surface area contributed by atoms with Crippen LogP contribution >= 0.6 is 0 Å². The minimum atomic E-state index is -4.33. The zero-order chi connectivity index (χ0) is 17.0. The molecular formula is C17H19F3N4. The fraction of sp³-hybridized carbons (Fsp3) is 0.412. The first-order valence-electron chi connectivity index (χ1n) is 8.04. The molecule has 0 bridgehead atoms. The molecule has 1 aromatic heterocycles. The van der Waals surface area contributed by atoms with Crippen molar-refractivity contribution < 1.29 is 13.2 Å². The molecule has 1 N–H and O–H groups in total. The van der Waals surface area contributed by atoms with Gasteiger partial charge in [-0.25, -0.2) is 9.97 Å². The molecule has 0 spiro atoms. The fourth-order valence-electron chi connectivity index (χ4n) is 2.78. The molecule has 0 unspecified atom stereocenters. The molecule has 1 fully saturated rings. The zero-order valence-corrected chi connectivity index (χ0v) is 13.2. The molecule has 1 aliphatic rings. The summed E-state index contributed by atoms with van der Waals surface area (Å²) in [6.45, 7) is 1.94. The van der Waals surface area contributed by atoms with Gasteiger partial charge in [0.05, 0.1) is 5.56 Å². The molecule has 128 valence electrons. The van der Waals surface area contributed by atoms with Crippen LogP contribution in [-0.2, 0) is 6.18 Å². The molecule has 24 heavy (non-hydrogen) atoms. The second-order valence-corrected chi connectivity index (χ2v) is 5.86. The number of nitrogens with zero attached hydrogens (tertiary/aromatic N) is 3. The topological polar surface area (TPSA) is 41.0 Å². The highest BCUT2D eigenvalue weighted by Gasteiger charge is 2.29. The predicted octanol–water partition coefficient (Wildman–Crippen LogP) is 4.62. The Morgan fingerprint density at radius 3 is 2.21 bits per heavy atom. The molecule has 2 aromatic rings. The Kier molecular flexibility index (Phi) is 4.87. The number of aromatic nitrogens is 2. The lowest BCUT2D eigenvalue weighted by atomic mass is 10.2. The van der Waals surface area contributed by atoms with E-state index < -0.39 is 11.7 Å². The maximum Gasteiger partial charge on any atom is 0.416 e. The molecule has 0 radical (unpaired) electrons. The van der Waals surface area contributed by atoms with Crippen molar-refractivity contribution in [1.29, 1.82) is 0 Å². The Morgan fingerprint density at radius 1 is 0.917 bits per heavy atom. The minimum absolute atomic E-state index is 0.559. The summed E-state index contributed by atoms with van der Waals surface area (Å²) in [5.74, 6) is 1.42. The van der Waals surface area contributed by atoms with Gasteiger partial charge in [0.25, 0.3) is 0 Å². The number of nitrogens with one attached hydrogen (secondary N) is 1. The van der Waals surface area contributed by atoms with Crippen molar-refractivity contribution in [3.8, 4) is 0 Å². The molecule has 7 heteroatoms. The van der Waals surface area contributed by atoms with Crippen LogP contribution in [0.15, 0.2) is 36.7 Å². The standard InChI is InChI=1S/C17H19F3N4/c18-17(19,20)13-5-7-14(8-6-13)23-15-11-16(22-12-21-15)24-9-3-1-2-4-10-24/h5-8,11-12H,1-4,9-10H2,(H,21,22,23). The van der Waals surface area contributed by atoms with Crippen LogP contribution in [0.2, 0.25) is 0 Å². The van der Waals surface area contributed by atoms with Gasteiger partial charge in [0.2, 0.25) is 0 Å². The van der Waals surface area contributed by atoms with Crippen LogP contribution in [0.3, 0.4) is 0 Å². The van der Waals surface area contributed by atoms with Gasteiger partial charge in [0.1, 0.15) is 18.0 Å². The molecule has 3 rings (SSSR count). The van der Waals surface area contributed by atoms with Crippen molar-refractivity contribution in [1.82, 2.24) is 9.97 Å². The first-order valence-corrected chi connectivity index (χ1v) is 8.04. The third kappa shape index (κ3) is 4.15. The maximum atomic E-state index is 12.6. The molecule has 0 atom stereocenters. The number of alkyl halides is 3. The van der Waals surface area contributed by atoms with Crippen molar-refractivity contribution in [2.75, 3.05) is 23.3 Å². The van der Waals surface area contributed by atoms with Crippen molar-refractivity contribution in [2.45, 2.75) is 31.9 Å². The Hall–Kier alpha value is -2.31. The van der Waals surface area contributed by atoms with E-state index in [2.05, 4.69) is 20.2 Å². The van der Waals surface area contributed by atoms with Crippen molar-refractivity contribution >= 4 is 17.3 Å². The van der Waals surface area contributed by atoms with E-state index in [1.807, 2.05) is 6.07 Å². The first-order chi connectivity index (χ1) is 11.5. The Morgan fingerprint density at radius 2 is 1.58 bits per heavy atom. The highest BCUT2D eigenvalue weighted by atomic mass is 19.4. The van der Waals surface area contributed by atoms with Gasteiger partial charge in [-0.15, -0.1) is 0 Å². The van der Waals surface area contributed by atoms with Crippen LogP contribution in [0, 0.1) is 0 Å². The number of rotatable bonds is 3. The monoisotopic (exact) mass is 336 g/mol. The van der Waals surface area contributed by atoms with Gasteiger partial charge in [0, 0.05) is 24.8 Å². The number of halogens is 3. The quantitative estimate of drug-likeness (QED) is 0.888. The van der Waals surface area contributed by atoms with E-state index in [0.29, 0.717) is 11.5 Å². The Bertz CT molecular complexity index is 662. The summed E-state index contributed by atoms with van der Waals surface area (Å²) in [7, 11) is 0. The summed E-state index contributed by atoms with van der Waals surface area (Å²) in [6.07, 6.45) is 1.91. The van der Waals surface area contributed by atoms with E-state index in [-0.39, 0.29) is 0 Å². The van der Waals surface area contributed by atoms with Crippen LogP contribution in [0.25, 0.3) is 0 Å². The molecule has 0 saturated carbocycles. The van der Waals surface area contributed by atoms with E-state index in [9.17, 15) is 13.2 Å². The van der Waals surface area contributed by atoms with Gasteiger partial charge in [-0.2, -0.15) is 13.2 Å². The van der Waals surface area contributed by atoms with E-state index in [0.717, 1.165) is 43.9 Å². The lowest BCUT2D eigenvalue weighted by molar-refractivity contribution is -0.137. The SMILES string of the molecule is FC(F)(F)c1ccc(Nc2cc(N3CCCCCC3)ncn2)cc1. The molecule has 4 nitrogen and oxygen atoms in total. The van der Waals surface area contributed by atoms with Gasteiger partial charge in [0.15, 0.2) is 0 Å². The summed E-state index contributed by atoms with van der Waals surface area (Å²) >= 11 is 0. The first kappa shape index (κ1) is 16.5. The zero-order valence-electron chi connectivity index (χ0n) is 13.2. The van der Waals surface area contributed by atoms with E-state index in [1.165, 1.54) is 31.3 Å². The summed E-state index contributed by atoms with van der Waals surface area (Å²) < 4.78 is 37.8. The molecule has 1 saturated heterocycles. The molecule has 0 aliphatic carbocycles. The largest absolute Gasteiger partial charge is 0.416 e. The third-order valence-corrected chi connectivity index (χ3v) is 4.07. The molecule has 1 aliphatic heterocycles. The smallest absolute Gasteiger partial charge is 0.356 e. The van der Waals surface area contributed by atoms with Crippen molar-refractivity contribution in [3.05, 3.63) is 42.2 Å². The summed E-state index contributed by atoms with van der Waals surface area (Å²) in [5, 5.41) is 3.03. The molecular weight excluding hydrogens is 317 g/mol. The lowest BCUT2D eigenvalue weighted by Crippen LogP contribution is -2.25. The maximum absolute atomic E-state index is 12.6.